The molecule has 3 heterocycles. The first kappa shape index (κ1) is 15.8. The molecular weight excluding hydrogens is 374 g/mol. The van der Waals surface area contributed by atoms with E-state index in [1.807, 2.05) is 6.07 Å². The van der Waals surface area contributed by atoms with E-state index in [2.05, 4.69) is 42.2 Å². The summed E-state index contributed by atoms with van der Waals surface area (Å²) in [6, 6.07) is 6.57. The van der Waals surface area contributed by atoms with Gasteiger partial charge in [0.2, 0.25) is 0 Å². The molecule has 25 heavy (non-hydrogen) atoms. The van der Waals surface area contributed by atoms with E-state index in [1.54, 1.807) is 23.1 Å². The van der Waals surface area contributed by atoms with Crippen molar-refractivity contribution in [1.82, 2.24) is 24.7 Å². The molecule has 0 saturated heterocycles. The third-order valence-corrected chi connectivity index (χ3v) is 6.34. The molecule has 2 fully saturated rings. The van der Waals surface area contributed by atoms with E-state index in [0.29, 0.717) is 17.1 Å². The van der Waals surface area contributed by atoms with Gasteiger partial charge in [0.1, 0.15) is 21.8 Å². The largest absolute Gasteiger partial charge is 0.302 e. The summed E-state index contributed by atoms with van der Waals surface area (Å²) in [4.78, 5) is 10.4. The van der Waals surface area contributed by atoms with E-state index in [1.165, 1.54) is 17.7 Å². The molecule has 0 aromatic carbocycles. The normalized spacial score (nSPS) is 17.2. The Morgan fingerprint density at radius 2 is 2.08 bits per heavy atom. The van der Waals surface area contributed by atoms with Gasteiger partial charge in [-0.15, -0.1) is 21.5 Å². The Bertz CT molecular complexity index is 900. The van der Waals surface area contributed by atoms with Gasteiger partial charge in [-0.3, -0.25) is 0 Å². The molecule has 2 aliphatic rings. The van der Waals surface area contributed by atoms with Crippen LogP contribution in [0.4, 0.5) is 0 Å². The second-order valence-corrected chi connectivity index (χ2v) is 8.93. The summed E-state index contributed by atoms with van der Waals surface area (Å²) in [5.74, 6) is 2.38. The predicted octanol–water partition coefficient (Wildman–Crippen LogP) is 4.74. The van der Waals surface area contributed by atoms with Gasteiger partial charge >= 0.3 is 0 Å². The molecule has 0 N–H and O–H groups in total. The van der Waals surface area contributed by atoms with Crippen LogP contribution in [0.1, 0.15) is 54.2 Å². The maximum Gasteiger partial charge on any atom is 0.197 e. The van der Waals surface area contributed by atoms with Crippen LogP contribution in [-0.4, -0.2) is 24.7 Å². The van der Waals surface area contributed by atoms with Gasteiger partial charge in [0, 0.05) is 29.3 Å². The quantitative estimate of drug-likeness (QED) is 0.570. The molecule has 5 nitrogen and oxygen atoms in total. The molecule has 128 valence electrons. The SMILES string of the molecule is Clc1cc(Sc2nnc(Cc3cccs3)n2C2CC2)nc(C2CC2)n1. The summed E-state index contributed by atoms with van der Waals surface area (Å²) < 4.78 is 2.29. The van der Waals surface area contributed by atoms with Gasteiger partial charge < -0.3 is 4.57 Å². The van der Waals surface area contributed by atoms with Gasteiger partial charge in [0.05, 0.1) is 0 Å². The molecule has 3 aromatic heterocycles. The van der Waals surface area contributed by atoms with Crippen molar-refractivity contribution in [2.75, 3.05) is 0 Å². The van der Waals surface area contributed by atoms with Crippen LogP contribution >= 0.6 is 34.7 Å². The summed E-state index contributed by atoms with van der Waals surface area (Å²) in [6.45, 7) is 0. The molecule has 0 atom stereocenters. The second kappa shape index (κ2) is 6.37. The minimum atomic E-state index is 0.480. The minimum Gasteiger partial charge on any atom is -0.302 e. The summed E-state index contributed by atoms with van der Waals surface area (Å²) >= 11 is 9.50. The lowest BCUT2D eigenvalue weighted by Crippen LogP contribution is -2.03. The van der Waals surface area contributed by atoms with E-state index in [9.17, 15) is 0 Å². The highest BCUT2D eigenvalue weighted by Gasteiger charge is 2.31. The molecule has 5 rings (SSSR count). The van der Waals surface area contributed by atoms with Gasteiger partial charge in [0.15, 0.2) is 5.16 Å². The Labute approximate surface area is 158 Å². The number of nitrogens with zero attached hydrogens (tertiary/aromatic N) is 5. The Morgan fingerprint density at radius 1 is 1.20 bits per heavy atom. The zero-order chi connectivity index (χ0) is 16.8. The van der Waals surface area contributed by atoms with Crippen molar-refractivity contribution in [2.24, 2.45) is 0 Å². The number of hydrogen-bond acceptors (Lipinski definition) is 6. The lowest BCUT2D eigenvalue weighted by atomic mass is 10.3. The summed E-state index contributed by atoms with van der Waals surface area (Å²) in [6.07, 6.45) is 5.54. The molecular formula is C17H16ClN5S2. The number of hydrogen-bond donors (Lipinski definition) is 0. The maximum absolute atomic E-state index is 6.20. The highest BCUT2D eigenvalue weighted by Crippen LogP contribution is 2.42. The van der Waals surface area contributed by atoms with Gasteiger partial charge in [0.25, 0.3) is 0 Å². The van der Waals surface area contributed by atoms with Crippen LogP contribution < -0.4 is 0 Å². The van der Waals surface area contributed by atoms with Crippen LogP contribution in [0.2, 0.25) is 5.15 Å². The standard InChI is InChI=1S/C17H16ClN5S2/c18-13-9-15(20-16(19-13)10-3-4-10)25-17-22-21-14(23(17)11-5-6-11)8-12-2-1-7-24-12/h1-2,7,9-11H,3-6,8H2. The van der Waals surface area contributed by atoms with E-state index < -0.39 is 0 Å². The Morgan fingerprint density at radius 3 is 2.80 bits per heavy atom. The average Bonchev–Trinajstić information content (AvgIpc) is 3.52. The van der Waals surface area contributed by atoms with E-state index in [0.717, 1.165) is 41.1 Å². The number of thiophene rings is 1. The summed E-state index contributed by atoms with van der Waals surface area (Å²) in [5, 5.41) is 13.3. The Balaban J connectivity index is 1.45. The third kappa shape index (κ3) is 3.45. The van der Waals surface area contributed by atoms with Crippen molar-refractivity contribution < 1.29 is 0 Å². The first-order chi connectivity index (χ1) is 12.3. The lowest BCUT2D eigenvalue weighted by molar-refractivity contribution is 0.634. The van der Waals surface area contributed by atoms with Crippen LogP contribution in [0.25, 0.3) is 0 Å². The van der Waals surface area contributed by atoms with Crippen LogP contribution in [0.5, 0.6) is 0 Å². The van der Waals surface area contributed by atoms with Crippen LogP contribution in [0, 0.1) is 0 Å². The average molecular weight is 390 g/mol. The smallest absolute Gasteiger partial charge is 0.197 e. The van der Waals surface area contributed by atoms with Crippen molar-refractivity contribution in [1.29, 1.82) is 0 Å². The predicted molar refractivity (Wildman–Crippen MR) is 98.6 cm³/mol. The molecule has 0 bridgehead atoms. The van der Waals surface area contributed by atoms with E-state index >= 15 is 0 Å². The molecule has 0 radical (unpaired) electrons. The molecule has 2 saturated carbocycles. The fraction of sp³-hybridized carbons (Fsp3) is 0.412. The molecule has 3 aromatic rings. The van der Waals surface area contributed by atoms with E-state index in [4.69, 9.17) is 11.6 Å². The van der Waals surface area contributed by atoms with Crippen LogP contribution in [0.15, 0.2) is 33.8 Å². The minimum absolute atomic E-state index is 0.480. The molecule has 0 amide bonds. The molecule has 0 aliphatic heterocycles. The lowest BCUT2D eigenvalue weighted by Gasteiger charge is -2.08. The van der Waals surface area contributed by atoms with E-state index in [-0.39, 0.29) is 0 Å². The maximum atomic E-state index is 6.20. The summed E-state index contributed by atoms with van der Waals surface area (Å²) in [5.41, 5.74) is 0. The zero-order valence-electron chi connectivity index (χ0n) is 13.4. The van der Waals surface area contributed by atoms with Crippen LogP contribution in [0.3, 0.4) is 0 Å². The monoisotopic (exact) mass is 389 g/mol. The van der Waals surface area contributed by atoms with Crippen molar-refractivity contribution >= 4 is 34.7 Å². The zero-order valence-corrected chi connectivity index (χ0v) is 15.8. The van der Waals surface area contributed by atoms with Gasteiger partial charge in [-0.05, 0) is 48.9 Å². The molecule has 2 aliphatic carbocycles. The van der Waals surface area contributed by atoms with Crippen molar-refractivity contribution in [3.63, 3.8) is 0 Å². The molecule has 8 heteroatoms. The highest BCUT2D eigenvalue weighted by atomic mass is 35.5. The summed E-state index contributed by atoms with van der Waals surface area (Å²) in [7, 11) is 0. The first-order valence-corrected chi connectivity index (χ1v) is 10.5. The fourth-order valence-electron chi connectivity index (χ4n) is 2.85. The van der Waals surface area contributed by atoms with Crippen molar-refractivity contribution in [3.8, 4) is 0 Å². The Kier molecular flexibility index (Phi) is 4.03. The highest BCUT2D eigenvalue weighted by molar-refractivity contribution is 7.99. The first-order valence-electron chi connectivity index (χ1n) is 8.45. The molecule has 0 spiro atoms. The van der Waals surface area contributed by atoms with Crippen LogP contribution in [-0.2, 0) is 6.42 Å². The number of aromatic nitrogens is 5. The fourth-order valence-corrected chi connectivity index (χ4v) is 4.74. The topological polar surface area (TPSA) is 56.5 Å². The van der Waals surface area contributed by atoms with Gasteiger partial charge in [-0.1, -0.05) is 17.7 Å². The number of rotatable bonds is 6. The molecule has 0 unspecified atom stereocenters. The van der Waals surface area contributed by atoms with Crippen molar-refractivity contribution in [3.05, 3.63) is 45.3 Å². The number of halogens is 1. The second-order valence-electron chi connectivity index (χ2n) is 6.52. The van der Waals surface area contributed by atoms with Gasteiger partial charge in [-0.25, -0.2) is 9.97 Å². The Hall–Kier alpha value is -1.44. The van der Waals surface area contributed by atoms with Gasteiger partial charge in [-0.2, -0.15) is 0 Å². The van der Waals surface area contributed by atoms with Crippen molar-refractivity contribution in [2.45, 2.75) is 54.2 Å². The third-order valence-electron chi connectivity index (χ3n) is 4.39.